The summed E-state index contributed by atoms with van der Waals surface area (Å²) < 4.78 is 22.8. The molecule has 1 aromatic carbocycles. The molecule has 10 heteroatoms. The van der Waals surface area contributed by atoms with Crippen LogP contribution in [0.4, 0.5) is 10.1 Å². The second-order valence-corrected chi connectivity index (χ2v) is 3.90. The number of esters is 1. The van der Waals surface area contributed by atoms with Gasteiger partial charge in [-0.2, -0.15) is 4.39 Å². The number of nitrogens with zero attached hydrogens (tertiary/aromatic N) is 2. The van der Waals surface area contributed by atoms with Crippen LogP contribution in [0.5, 0.6) is 5.75 Å². The Morgan fingerprint density at radius 3 is 2.67 bits per heavy atom. The van der Waals surface area contributed by atoms with Gasteiger partial charge >= 0.3 is 11.7 Å². The molecule has 0 heterocycles. The molecule has 1 rings (SSSR count). The molecule has 0 aliphatic rings. The lowest BCUT2D eigenvalue weighted by Gasteiger charge is -2.08. The van der Waals surface area contributed by atoms with E-state index >= 15 is 0 Å². The summed E-state index contributed by atoms with van der Waals surface area (Å²) in [5.74, 6) is -2.10. The van der Waals surface area contributed by atoms with Crippen molar-refractivity contribution < 1.29 is 28.4 Å². The zero-order valence-electron chi connectivity index (χ0n) is 11.0. The van der Waals surface area contributed by atoms with E-state index in [1.165, 1.54) is 7.11 Å². The summed E-state index contributed by atoms with van der Waals surface area (Å²) in [7, 11) is 2.34. The van der Waals surface area contributed by atoms with E-state index in [0.29, 0.717) is 0 Å². The molecule has 0 aromatic heterocycles. The second kappa shape index (κ2) is 7.39. The molecule has 0 saturated heterocycles. The number of rotatable bonds is 6. The van der Waals surface area contributed by atoms with E-state index in [4.69, 9.17) is 16.3 Å². The average Bonchev–Trinajstić information content (AvgIpc) is 2.43. The number of oxime groups is 1. The van der Waals surface area contributed by atoms with Crippen molar-refractivity contribution in [3.63, 3.8) is 0 Å². The number of nitro groups is 1. The zero-order valence-corrected chi connectivity index (χ0v) is 11.7. The lowest BCUT2D eigenvalue weighted by molar-refractivity contribution is -0.387. The van der Waals surface area contributed by atoms with Crippen LogP contribution in [0.25, 0.3) is 0 Å². The molecular weight excluding hydrogens is 311 g/mol. The first kappa shape index (κ1) is 16.6. The van der Waals surface area contributed by atoms with Gasteiger partial charge in [-0.3, -0.25) is 10.1 Å². The first-order chi connectivity index (χ1) is 9.90. The highest BCUT2D eigenvalue weighted by Gasteiger charge is 2.20. The molecule has 0 aliphatic carbocycles. The monoisotopic (exact) mass is 320 g/mol. The minimum Gasteiger partial charge on any atom is -0.485 e. The Morgan fingerprint density at radius 2 is 2.14 bits per heavy atom. The molecule has 0 spiro atoms. The maximum absolute atomic E-state index is 13.3. The van der Waals surface area contributed by atoms with E-state index in [-0.39, 0.29) is 16.5 Å². The van der Waals surface area contributed by atoms with Gasteiger partial charge in [0, 0.05) is 6.07 Å². The van der Waals surface area contributed by atoms with Crippen LogP contribution in [0.15, 0.2) is 17.3 Å². The third-order valence-electron chi connectivity index (χ3n) is 2.18. The second-order valence-electron chi connectivity index (χ2n) is 3.49. The van der Waals surface area contributed by atoms with Gasteiger partial charge in [0.2, 0.25) is 11.5 Å². The van der Waals surface area contributed by atoms with E-state index in [1.807, 2.05) is 0 Å². The lowest BCUT2D eigenvalue weighted by atomic mass is 10.3. The predicted octanol–water partition coefficient (Wildman–Crippen LogP) is 1.94. The largest absolute Gasteiger partial charge is 0.485 e. The standard InChI is InChI=1S/C11H10ClFN2O6/c1-19-11(16)8(14-20-2)5-21-10-4-9(15(17)18)7(13)3-6(10)12/h3-4H,5H2,1-2H3. The van der Waals surface area contributed by atoms with Gasteiger partial charge in [-0.05, 0) is 0 Å². The number of hydrogen-bond donors (Lipinski definition) is 0. The van der Waals surface area contributed by atoms with Crippen molar-refractivity contribution in [1.29, 1.82) is 0 Å². The number of carbonyl (C=O) groups is 1. The number of ether oxygens (including phenoxy) is 2. The van der Waals surface area contributed by atoms with Crippen LogP contribution in [0.1, 0.15) is 0 Å². The Bertz CT molecular complexity index is 592. The Labute approximate surface area is 123 Å². The molecule has 0 unspecified atom stereocenters. The minimum atomic E-state index is -1.10. The van der Waals surface area contributed by atoms with Crippen LogP contribution in [-0.2, 0) is 14.4 Å². The number of benzene rings is 1. The highest BCUT2D eigenvalue weighted by molar-refractivity contribution is 6.37. The molecular formula is C11H10ClFN2O6. The number of halogens is 2. The van der Waals surface area contributed by atoms with Crippen molar-refractivity contribution in [2.24, 2.45) is 5.16 Å². The number of nitro benzene ring substituents is 1. The zero-order chi connectivity index (χ0) is 16.0. The van der Waals surface area contributed by atoms with Gasteiger partial charge < -0.3 is 14.3 Å². The fourth-order valence-corrected chi connectivity index (χ4v) is 1.47. The molecule has 0 radical (unpaired) electrons. The molecule has 0 N–H and O–H groups in total. The molecule has 114 valence electrons. The van der Waals surface area contributed by atoms with Gasteiger partial charge in [0.05, 0.1) is 23.1 Å². The summed E-state index contributed by atoms with van der Waals surface area (Å²) in [6, 6.07) is 1.54. The van der Waals surface area contributed by atoms with Gasteiger partial charge in [0.15, 0.2) is 0 Å². The number of carbonyl (C=O) groups excluding carboxylic acids is 1. The predicted molar refractivity (Wildman–Crippen MR) is 70.0 cm³/mol. The van der Waals surface area contributed by atoms with Crippen molar-refractivity contribution in [3.05, 3.63) is 33.1 Å². The smallest absolute Gasteiger partial charge is 0.359 e. The van der Waals surface area contributed by atoms with Crippen molar-refractivity contribution in [3.8, 4) is 5.75 Å². The third kappa shape index (κ3) is 4.28. The Kier molecular flexibility index (Phi) is 5.85. The van der Waals surface area contributed by atoms with E-state index in [0.717, 1.165) is 19.2 Å². The highest BCUT2D eigenvalue weighted by atomic mass is 35.5. The molecule has 0 atom stereocenters. The summed E-state index contributed by atoms with van der Waals surface area (Å²) in [5.41, 5.74) is -1.04. The van der Waals surface area contributed by atoms with Gasteiger partial charge in [-0.15, -0.1) is 0 Å². The molecule has 1 aromatic rings. The van der Waals surface area contributed by atoms with Crippen molar-refractivity contribution >= 4 is 29.0 Å². The van der Waals surface area contributed by atoms with Gasteiger partial charge in [0.25, 0.3) is 0 Å². The van der Waals surface area contributed by atoms with Crippen molar-refractivity contribution in [2.75, 3.05) is 20.8 Å². The quantitative estimate of drug-likeness (QED) is 0.343. The number of methoxy groups -OCH3 is 1. The van der Waals surface area contributed by atoms with Crippen LogP contribution in [0.2, 0.25) is 5.02 Å². The molecule has 8 nitrogen and oxygen atoms in total. The normalized spacial score (nSPS) is 11.0. The van der Waals surface area contributed by atoms with Crippen molar-refractivity contribution in [1.82, 2.24) is 0 Å². The molecule has 0 bridgehead atoms. The maximum atomic E-state index is 13.3. The molecule has 21 heavy (non-hydrogen) atoms. The van der Waals surface area contributed by atoms with Crippen LogP contribution in [-0.4, -0.2) is 37.4 Å². The van der Waals surface area contributed by atoms with Gasteiger partial charge in [-0.25, -0.2) is 4.79 Å². The molecule has 0 saturated carbocycles. The van der Waals surface area contributed by atoms with Gasteiger partial charge in [-0.1, -0.05) is 16.8 Å². The molecule has 0 aliphatic heterocycles. The summed E-state index contributed by atoms with van der Waals surface area (Å²) in [5, 5.41) is 13.8. The first-order valence-electron chi connectivity index (χ1n) is 5.35. The Balaban J connectivity index is 2.97. The highest BCUT2D eigenvalue weighted by Crippen LogP contribution is 2.31. The van der Waals surface area contributed by atoms with Crippen molar-refractivity contribution in [2.45, 2.75) is 0 Å². The summed E-state index contributed by atoms with van der Waals surface area (Å²) >= 11 is 5.71. The fourth-order valence-electron chi connectivity index (χ4n) is 1.27. The van der Waals surface area contributed by atoms with E-state index in [2.05, 4.69) is 14.7 Å². The van der Waals surface area contributed by atoms with Crippen LogP contribution in [0, 0.1) is 15.9 Å². The fraction of sp³-hybridized carbons (Fsp3) is 0.273. The first-order valence-corrected chi connectivity index (χ1v) is 5.73. The number of hydrogen-bond acceptors (Lipinski definition) is 7. The van der Waals surface area contributed by atoms with Crippen LogP contribution >= 0.6 is 11.6 Å². The van der Waals surface area contributed by atoms with E-state index in [1.54, 1.807) is 0 Å². The Hall–Kier alpha value is -2.42. The van der Waals surface area contributed by atoms with E-state index < -0.39 is 29.0 Å². The van der Waals surface area contributed by atoms with Crippen LogP contribution < -0.4 is 4.74 Å². The van der Waals surface area contributed by atoms with Gasteiger partial charge in [0.1, 0.15) is 19.5 Å². The molecule has 0 amide bonds. The van der Waals surface area contributed by atoms with Crippen LogP contribution in [0.3, 0.4) is 0 Å². The topological polar surface area (TPSA) is 100 Å². The SMILES string of the molecule is CON=C(COc1cc([N+](=O)[O-])c(F)cc1Cl)C(=O)OC. The minimum absolute atomic E-state index is 0.183. The van der Waals surface area contributed by atoms with E-state index in [9.17, 15) is 19.3 Å². The molecule has 0 fully saturated rings. The maximum Gasteiger partial charge on any atom is 0.359 e. The Morgan fingerprint density at radius 1 is 1.48 bits per heavy atom. The lowest BCUT2D eigenvalue weighted by Crippen LogP contribution is -2.23. The summed E-state index contributed by atoms with van der Waals surface area (Å²) in [4.78, 5) is 25.5. The third-order valence-corrected chi connectivity index (χ3v) is 2.48. The summed E-state index contributed by atoms with van der Waals surface area (Å²) in [6.45, 7) is -0.428. The summed E-state index contributed by atoms with van der Waals surface area (Å²) in [6.07, 6.45) is 0. The average molecular weight is 321 g/mol.